The highest BCUT2D eigenvalue weighted by Gasteiger charge is 1.85. The second kappa shape index (κ2) is 5.95. The summed E-state index contributed by atoms with van der Waals surface area (Å²) >= 11 is 3.37. The van der Waals surface area contributed by atoms with Crippen LogP contribution in [-0.4, -0.2) is 10.3 Å². The van der Waals surface area contributed by atoms with E-state index in [-0.39, 0.29) is 0 Å². The predicted molar refractivity (Wildman–Crippen MR) is 55.5 cm³/mol. The molecule has 0 aliphatic rings. The van der Waals surface area contributed by atoms with Crippen LogP contribution < -0.4 is 0 Å². The minimum atomic E-state index is 1.01. The van der Waals surface area contributed by atoms with Gasteiger partial charge in [0.25, 0.3) is 0 Å². The van der Waals surface area contributed by atoms with Gasteiger partial charge in [0.2, 0.25) is 0 Å². The van der Waals surface area contributed by atoms with Crippen LogP contribution in [-0.2, 0) is 6.42 Å². The highest BCUT2D eigenvalue weighted by Crippen LogP contribution is 1.99. The summed E-state index contributed by atoms with van der Waals surface area (Å²) in [5.41, 5.74) is 1.32. The van der Waals surface area contributed by atoms with Gasteiger partial charge in [0.15, 0.2) is 0 Å². The maximum atomic E-state index is 3.96. The summed E-state index contributed by atoms with van der Waals surface area (Å²) in [6.07, 6.45) is 10.1. The molecule has 12 heavy (non-hydrogen) atoms. The van der Waals surface area contributed by atoms with Gasteiger partial charge in [-0.3, -0.25) is 4.98 Å². The Kier molecular flexibility index (Phi) is 4.69. The van der Waals surface area contributed by atoms with E-state index in [2.05, 4.69) is 33.1 Å². The third-order valence-corrected chi connectivity index (χ3v) is 2.00. The molecule has 1 aromatic heterocycles. The molecule has 64 valence electrons. The lowest BCUT2D eigenvalue weighted by Crippen LogP contribution is -1.80. The van der Waals surface area contributed by atoms with Gasteiger partial charge in [-0.05, 0) is 30.5 Å². The van der Waals surface area contributed by atoms with Crippen LogP contribution in [0.2, 0.25) is 0 Å². The zero-order valence-corrected chi connectivity index (χ0v) is 8.50. The summed E-state index contributed by atoms with van der Waals surface area (Å²) in [7, 11) is 0. The second-order valence-corrected chi connectivity index (χ2v) is 3.30. The van der Waals surface area contributed by atoms with Crippen molar-refractivity contribution in [3.8, 4) is 0 Å². The number of rotatable bonds is 4. The lowest BCUT2D eigenvalue weighted by atomic mass is 10.2. The topological polar surface area (TPSA) is 12.9 Å². The van der Waals surface area contributed by atoms with Gasteiger partial charge in [-0.1, -0.05) is 28.1 Å². The zero-order chi connectivity index (χ0) is 8.65. The number of halogens is 1. The summed E-state index contributed by atoms with van der Waals surface area (Å²) in [6.45, 7) is 0. The number of alkyl halides is 1. The van der Waals surface area contributed by atoms with E-state index in [4.69, 9.17) is 0 Å². The van der Waals surface area contributed by atoms with Crippen LogP contribution in [0.15, 0.2) is 36.7 Å². The Hall–Kier alpha value is -0.630. The highest BCUT2D eigenvalue weighted by atomic mass is 79.9. The number of pyridine rings is 1. The van der Waals surface area contributed by atoms with Crippen LogP contribution in [0, 0.1) is 0 Å². The standard InChI is InChI=1S/C10H12BrN/c11-7-3-1-2-4-10-5-8-12-9-6-10/h1-2,5-6,8-9H,3-4,7H2. The van der Waals surface area contributed by atoms with E-state index in [0.29, 0.717) is 0 Å². The molecule has 0 N–H and O–H groups in total. The number of hydrogen-bond acceptors (Lipinski definition) is 1. The fraction of sp³-hybridized carbons (Fsp3) is 0.300. The Labute approximate surface area is 81.7 Å². The predicted octanol–water partition coefficient (Wildman–Crippen LogP) is 2.97. The molecular weight excluding hydrogens is 214 g/mol. The van der Waals surface area contributed by atoms with Crippen molar-refractivity contribution in [1.29, 1.82) is 0 Å². The van der Waals surface area contributed by atoms with E-state index in [0.717, 1.165) is 18.2 Å². The molecule has 2 heteroatoms. The molecule has 0 saturated heterocycles. The molecule has 1 aromatic rings. The van der Waals surface area contributed by atoms with Crippen molar-refractivity contribution in [2.24, 2.45) is 0 Å². The van der Waals surface area contributed by atoms with Crippen molar-refractivity contribution in [3.63, 3.8) is 0 Å². The van der Waals surface area contributed by atoms with Gasteiger partial charge >= 0.3 is 0 Å². The molecule has 0 radical (unpaired) electrons. The van der Waals surface area contributed by atoms with E-state index in [9.17, 15) is 0 Å². The van der Waals surface area contributed by atoms with Crippen molar-refractivity contribution in [2.75, 3.05) is 5.33 Å². The molecule has 1 rings (SSSR count). The second-order valence-electron chi connectivity index (χ2n) is 2.51. The van der Waals surface area contributed by atoms with Gasteiger partial charge in [-0.25, -0.2) is 0 Å². The van der Waals surface area contributed by atoms with Crippen LogP contribution in [0.4, 0.5) is 0 Å². The number of nitrogens with zero attached hydrogens (tertiary/aromatic N) is 1. The van der Waals surface area contributed by atoms with Crippen LogP contribution in [0.3, 0.4) is 0 Å². The minimum Gasteiger partial charge on any atom is -0.265 e. The molecular formula is C10H12BrN. The maximum Gasteiger partial charge on any atom is 0.0270 e. The van der Waals surface area contributed by atoms with Crippen LogP contribution >= 0.6 is 15.9 Å². The number of allylic oxidation sites excluding steroid dienone is 2. The van der Waals surface area contributed by atoms with Crippen LogP contribution in [0.25, 0.3) is 0 Å². The molecule has 1 heterocycles. The first-order valence-corrected chi connectivity index (χ1v) is 5.15. The monoisotopic (exact) mass is 225 g/mol. The fourth-order valence-corrected chi connectivity index (χ4v) is 1.18. The third kappa shape index (κ3) is 3.67. The summed E-state index contributed by atoms with van der Waals surface area (Å²) in [4.78, 5) is 3.96. The third-order valence-electron chi connectivity index (χ3n) is 1.55. The lowest BCUT2D eigenvalue weighted by molar-refractivity contribution is 1.18. The molecule has 0 aliphatic carbocycles. The average molecular weight is 226 g/mol. The van der Waals surface area contributed by atoms with Crippen molar-refractivity contribution in [2.45, 2.75) is 12.8 Å². The Bertz CT molecular complexity index is 231. The van der Waals surface area contributed by atoms with Gasteiger partial charge < -0.3 is 0 Å². The fourth-order valence-electron chi connectivity index (χ4n) is 0.919. The highest BCUT2D eigenvalue weighted by molar-refractivity contribution is 9.09. The first-order valence-electron chi connectivity index (χ1n) is 4.03. The van der Waals surface area contributed by atoms with Crippen molar-refractivity contribution in [1.82, 2.24) is 4.98 Å². The summed E-state index contributed by atoms with van der Waals surface area (Å²) < 4.78 is 0. The Morgan fingerprint density at radius 2 is 2.00 bits per heavy atom. The number of aromatic nitrogens is 1. The largest absolute Gasteiger partial charge is 0.265 e. The molecule has 0 amide bonds. The average Bonchev–Trinajstić information content (AvgIpc) is 2.14. The van der Waals surface area contributed by atoms with Gasteiger partial charge in [-0.15, -0.1) is 0 Å². The van der Waals surface area contributed by atoms with Crippen LogP contribution in [0.5, 0.6) is 0 Å². The summed E-state index contributed by atoms with van der Waals surface area (Å²) in [6, 6.07) is 4.08. The van der Waals surface area contributed by atoms with E-state index >= 15 is 0 Å². The first-order chi connectivity index (χ1) is 5.93. The van der Waals surface area contributed by atoms with Gasteiger partial charge in [-0.2, -0.15) is 0 Å². The Morgan fingerprint density at radius 1 is 1.25 bits per heavy atom. The van der Waals surface area contributed by atoms with Gasteiger partial charge in [0.05, 0.1) is 0 Å². The lowest BCUT2D eigenvalue weighted by Gasteiger charge is -1.92. The Balaban J connectivity index is 2.33. The molecule has 0 fully saturated rings. The van der Waals surface area contributed by atoms with E-state index in [1.165, 1.54) is 5.56 Å². The van der Waals surface area contributed by atoms with Gasteiger partial charge in [0.1, 0.15) is 0 Å². The normalized spacial score (nSPS) is 10.8. The quantitative estimate of drug-likeness (QED) is 0.568. The zero-order valence-electron chi connectivity index (χ0n) is 6.91. The van der Waals surface area contributed by atoms with Crippen molar-refractivity contribution in [3.05, 3.63) is 42.2 Å². The van der Waals surface area contributed by atoms with Crippen molar-refractivity contribution < 1.29 is 0 Å². The smallest absolute Gasteiger partial charge is 0.0270 e. The van der Waals surface area contributed by atoms with Gasteiger partial charge in [0, 0.05) is 17.7 Å². The summed E-state index contributed by atoms with van der Waals surface area (Å²) in [5.74, 6) is 0. The van der Waals surface area contributed by atoms with Crippen LogP contribution in [0.1, 0.15) is 12.0 Å². The van der Waals surface area contributed by atoms with Crippen molar-refractivity contribution >= 4 is 15.9 Å². The minimum absolute atomic E-state index is 1.01. The first kappa shape index (κ1) is 9.46. The van der Waals surface area contributed by atoms with E-state index in [1.807, 2.05) is 24.5 Å². The molecule has 0 aliphatic heterocycles. The number of hydrogen-bond donors (Lipinski definition) is 0. The van der Waals surface area contributed by atoms with E-state index < -0.39 is 0 Å². The molecule has 0 bridgehead atoms. The molecule has 1 nitrogen and oxygen atoms in total. The maximum absolute atomic E-state index is 3.96. The molecule has 0 saturated carbocycles. The molecule has 0 aromatic carbocycles. The SMILES string of the molecule is BrCCC=CCc1ccncc1. The van der Waals surface area contributed by atoms with E-state index in [1.54, 1.807) is 0 Å². The molecule has 0 atom stereocenters. The molecule has 0 spiro atoms. The summed E-state index contributed by atoms with van der Waals surface area (Å²) in [5, 5.41) is 1.04. The Morgan fingerprint density at radius 3 is 2.67 bits per heavy atom. The molecule has 0 unspecified atom stereocenters.